The number of phenolic OH excluding ortho intramolecular Hbond substituents is 1. The summed E-state index contributed by atoms with van der Waals surface area (Å²) in [5.74, 6) is 0.361. The molecule has 0 spiro atoms. The van der Waals surface area contributed by atoms with Gasteiger partial charge in [0.05, 0.1) is 27.6 Å². The Morgan fingerprint density at radius 3 is 2.28 bits per heavy atom. The number of pyridine rings is 1. The van der Waals surface area contributed by atoms with Gasteiger partial charge in [-0.3, -0.25) is 9.55 Å². The monoisotopic (exact) mass is 894 g/mol. The molecule has 2 aromatic heterocycles. The van der Waals surface area contributed by atoms with Crippen LogP contribution < -0.4 is 0 Å². The third-order valence-corrected chi connectivity index (χ3v) is 9.28. The first-order chi connectivity index (χ1) is 30.1. The molecule has 8 aromatic rings. The number of nitrogens with zero attached hydrogens (tertiary/aromatic N) is 3. The van der Waals surface area contributed by atoms with Crippen LogP contribution in [-0.2, 0) is 26.5 Å². The van der Waals surface area contributed by atoms with Crippen LogP contribution in [0, 0.1) is 26.8 Å². The van der Waals surface area contributed by atoms with E-state index in [1.165, 1.54) is 0 Å². The van der Waals surface area contributed by atoms with Crippen molar-refractivity contribution < 1.29 is 41.3 Å². The summed E-state index contributed by atoms with van der Waals surface area (Å²) in [6, 6.07) is 26.9. The zero-order chi connectivity index (χ0) is 46.3. The average Bonchev–Trinajstić information content (AvgIpc) is 3.65. The van der Waals surface area contributed by atoms with Gasteiger partial charge in [0.1, 0.15) is 11.6 Å². The Morgan fingerprint density at radius 2 is 1.52 bits per heavy atom. The number of hydrogen-bond acceptors (Lipinski definition) is 3. The molecule has 1 N–H and O–H groups in total. The molecule has 270 valence electrons. The molecular weight excluding hydrogens is 842 g/mol. The second-order valence-corrected chi connectivity index (χ2v) is 14.2. The number of aromatic hydroxyl groups is 1. The molecule has 0 aliphatic rings. The van der Waals surface area contributed by atoms with Crippen LogP contribution in [0.15, 0.2) is 139 Å². The van der Waals surface area contributed by atoms with Crippen LogP contribution >= 0.6 is 0 Å². The van der Waals surface area contributed by atoms with Gasteiger partial charge in [-0.05, 0) is 95.4 Å². The molecule has 0 bridgehead atoms. The first-order valence-electron chi connectivity index (χ1n) is 22.7. The van der Waals surface area contributed by atoms with E-state index < -0.39 is 60.7 Å². The van der Waals surface area contributed by atoms with E-state index in [0.29, 0.717) is 50.4 Å². The van der Waals surface area contributed by atoms with Crippen molar-refractivity contribution in [3.63, 3.8) is 0 Å². The van der Waals surface area contributed by atoms with Crippen molar-refractivity contribution in [2.45, 2.75) is 46.9 Å². The maximum Gasteiger partial charge on any atom is 0.148 e. The molecular formula is C49H42N3OPt-. The number of phenols is 1. The van der Waals surface area contributed by atoms with Gasteiger partial charge in [-0.25, -0.2) is 4.98 Å². The molecule has 0 saturated heterocycles. The molecule has 0 saturated carbocycles. The Balaban J connectivity index is 0.00000630. The Morgan fingerprint density at radius 1 is 0.741 bits per heavy atom. The minimum Gasteiger partial charge on any atom is -0.507 e. The fourth-order valence-electron chi connectivity index (χ4n) is 6.65. The van der Waals surface area contributed by atoms with Crippen LogP contribution in [-0.4, -0.2) is 19.6 Å². The predicted molar refractivity (Wildman–Crippen MR) is 219 cm³/mol. The largest absolute Gasteiger partial charge is 0.507 e. The molecule has 0 fully saturated rings. The molecule has 2 heterocycles. The number of para-hydroxylation sites is 1. The van der Waals surface area contributed by atoms with Crippen molar-refractivity contribution in [1.82, 2.24) is 14.5 Å². The van der Waals surface area contributed by atoms with E-state index in [2.05, 4.69) is 11.1 Å². The van der Waals surface area contributed by atoms with Crippen LogP contribution in [0.5, 0.6) is 5.75 Å². The maximum absolute atomic E-state index is 11.7. The fraction of sp³-hybridized carbons (Fsp3) is 0.143. The molecule has 54 heavy (non-hydrogen) atoms. The number of rotatable bonds is 6. The van der Waals surface area contributed by atoms with E-state index in [9.17, 15) is 6.48 Å². The Kier molecular flexibility index (Phi) is 6.92. The van der Waals surface area contributed by atoms with Gasteiger partial charge in [0, 0.05) is 42.7 Å². The van der Waals surface area contributed by atoms with Crippen LogP contribution in [0.2, 0.25) is 0 Å². The van der Waals surface area contributed by atoms with Crippen molar-refractivity contribution in [1.29, 1.82) is 0 Å². The molecule has 4 nitrogen and oxygen atoms in total. The molecule has 8 rings (SSSR count). The zero-order valence-corrected chi connectivity index (χ0v) is 32.5. The summed E-state index contributed by atoms with van der Waals surface area (Å²) in [6.45, 7) is 7.26. The maximum atomic E-state index is 11.7. The quantitative estimate of drug-likeness (QED) is 0.169. The third-order valence-electron chi connectivity index (χ3n) is 9.28. The average molecular weight is 895 g/mol. The molecule has 0 amide bonds. The van der Waals surface area contributed by atoms with Crippen molar-refractivity contribution in [3.8, 4) is 67.5 Å². The van der Waals surface area contributed by atoms with Crippen LogP contribution in [0.1, 0.15) is 58.1 Å². The summed E-state index contributed by atoms with van der Waals surface area (Å²) in [7, 11) is 0. The number of aryl methyl sites for hydroxylation is 3. The van der Waals surface area contributed by atoms with Crippen molar-refractivity contribution in [3.05, 3.63) is 168 Å². The summed E-state index contributed by atoms with van der Waals surface area (Å²) in [5, 5.41) is 11.7. The summed E-state index contributed by atoms with van der Waals surface area (Å²) < 4.78 is 96.1. The Labute approximate surface area is 348 Å². The van der Waals surface area contributed by atoms with Gasteiger partial charge in [-0.15, -0.1) is 29.3 Å². The molecule has 0 aliphatic heterocycles. The Hall–Kier alpha value is -5.57. The SMILES string of the molecule is [2H]c1nc(-c2[c-]c(-c3cccc4c3nc(-c3cc(C)cc(C)c3O)n4-c3cc(-c4ccccc4)cc(C([2H])([2H])[2H])c3)cc(C(C)(C)C)c2)c([2H])c(-c2c([2H])c([2H])c([2H])c([2H])c2[2H])c1[2H].[Pt]. The first kappa shape index (κ1) is 25.4. The predicted octanol–water partition coefficient (Wildman–Crippen LogP) is 12.5. The molecule has 5 heteroatoms. The second kappa shape index (κ2) is 14.7. The van der Waals surface area contributed by atoms with E-state index in [1.54, 1.807) is 25.1 Å². The van der Waals surface area contributed by atoms with E-state index in [0.717, 1.165) is 16.7 Å². The van der Waals surface area contributed by atoms with Gasteiger partial charge in [0.2, 0.25) is 0 Å². The van der Waals surface area contributed by atoms with Gasteiger partial charge in [-0.1, -0.05) is 123 Å². The molecule has 0 radical (unpaired) electrons. The molecule has 0 unspecified atom stereocenters. The summed E-state index contributed by atoms with van der Waals surface area (Å²) in [5.41, 5.74) is 5.94. The zero-order valence-electron chi connectivity index (χ0n) is 41.3. The van der Waals surface area contributed by atoms with Gasteiger partial charge in [0.15, 0.2) is 0 Å². The minimum atomic E-state index is -2.47. The van der Waals surface area contributed by atoms with Gasteiger partial charge >= 0.3 is 0 Å². The van der Waals surface area contributed by atoms with Crippen molar-refractivity contribution >= 4 is 11.0 Å². The van der Waals surface area contributed by atoms with Crippen molar-refractivity contribution in [2.24, 2.45) is 0 Å². The molecule has 0 atom stereocenters. The van der Waals surface area contributed by atoms with Gasteiger partial charge < -0.3 is 5.11 Å². The standard InChI is InChI=1S/C49H42N3O.Pt/c1-31-22-33(3)47(53)43(25-31)48-51-46-42(18-13-19-45(46)52(48)41-24-32(2)23-37(29-41)35-16-11-8-12-17-35)38-26-39(28-40(27-38)49(4,5)6)44-30-36(20-21-50-44)34-14-9-7-10-15-34;/h7-25,27-30,53H,1-6H3;/q-1;/i2D3,7D,9D,10D,14D,15D,20D,21D,30D;. The number of fused-ring (bicyclic) bond motifs is 1. The van der Waals surface area contributed by atoms with E-state index in [1.807, 2.05) is 105 Å². The molecule has 0 aliphatic carbocycles. The summed E-state index contributed by atoms with van der Waals surface area (Å²) in [4.78, 5) is 9.62. The minimum absolute atomic E-state index is 0. The number of aromatic nitrogens is 3. The van der Waals surface area contributed by atoms with Crippen LogP contribution in [0.25, 0.3) is 72.7 Å². The van der Waals surface area contributed by atoms with Crippen LogP contribution in [0.3, 0.4) is 0 Å². The summed E-state index contributed by atoms with van der Waals surface area (Å²) in [6.07, 6.45) is -0.558. The fourth-order valence-corrected chi connectivity index (χ4v) is 6.65. The normalized spacial score (nSPS) is 14.6. The topological polar surface area (TPSA) is 50.9 Å². The molecule has 6 aromatic carbocycles. The second-order valence-electron chi connectivity index (χ2n) is 14.2. The van der Waals surface area contributed by atoms with E-state index in [-0.39, 0.29) is 54.8 Å². The van der Waals surface area contributed by atoms with Crippen LogP contribution in [0.4, 0.5) is 0 Å². The van der Waals surface area contributed by atoms with Gasteiger partial charge in [0.25, 0.3) is 0 Å². The third kappa shape index (κ3) is 7.07. The van der Waals surface area contributed by atoms with E-state index in [4.69, 9.17) is 18.7 Å². The smallest absolute Gasteiger partial charge is 0.148 e. The summed E-state index contributed by atoms with van der Waals surface area (Å²) >= 11 is 0. The number of benzene rings is 6. The number of hydrogen-bond donors (Lipinski definition) is 1. The first-order valence-corrected chi connectivity index (χ1v) is 17.2. The van der Waals surface area contributed by atoms with Gasteiger partial charge in [-0.2, -0.15) is 0 Å². The van der Waals surface area contributed by atoms with Crippen molar-refractivity contribution in [2.75, 3.05) is 0 Å². The van der Waals surface area contributed by atoms with E-state index >= 15 is 0 Å². The number of imidazole rings is 1. The Bertz CT molecular complexity index is 3190.